The Labute approximate surface area is 174 Å². The molecule has 3 nitrogen and oxygen atoms in total. The lowest BCUT2D eigenvalue weighted by Crippen LogP contribution is -2.17. The Morgan fingerprint density at radius 1 is 1.42 bits per heavy atom. The maximum Gasteiger partial charge on any atom is 0.131 e. The molecule has 3 N–H and O–H groups in total. The molecule has 1 atom stereocenters. The lowest BCUT2D eigenvalue weighted by atomic mass is 10.2. The van der Waals surface area contributed by atoms with Crippen LogP contribution in [0, 0.1) is 0 Å². The number of hydrogen-bond donors (Lipinski definition) is 2. The Hall–Kier alpha value is -0.0800. The molecule has 0 aliphatic heterocycles. The van der Waals surface area contributed by atoms with Crippen molar-refractivity contribution in [3.8, 4) is 0 Å². The third-order valence-corrected chi connectivity index (χ3v) is 6.58. The number of rotatable bonds is 5. The molecular formula is C15H17BrCl3N3S2. The van der Waals surface area contributed by atoms with E-state index in [1.807, 2.05) is 13.0 Å². The molecular weight excluding hydrogens is 473 g/mol. The van der Waals surface area contributed by atoms with Gasteiger partial charge in [-0.1, -0.05) is 17.7 Å². The summed E-state index contributed by atoms with van der Waals surface area (Å²) in [5.41, 5.74) is 7.85. The van der Waals surface area contributed by atoms with Gasteiger partial charge in [-0.15, -0.1) is 47.5 Å². The van der Waals surface area contributed by atoms with Crippen molar-refractivity contribution in [1.82, 2.24) is 4.98 Å². The highest BCUT2D eigenvalue weighted by Gasteiger charge is 2.16. The van der Waals surface area contributed by atoms with E-state index in [1.54, 1.807) is 22.7 Å². The number of nitrogens with zero attached hydrogens (tertiary/aromatic N) is 1. The van der Waals surface area contributed by atoms with E-state index in [1.165, 1.54) is 9.75 Å². The van der Waals surface area contributed by atoms with Crippen LogP contribution in [0.5, 0.6) is 0 Å². The average molecular weight is 490 g/mol. The minimum absolute atomic E-state index is 0. The molecule has 0 radical (unpaired) electrons. The molecule has 0 saturated carbocycles. The third kappa shape index (κ3) is 4.97. The number of fused-ring (bicyclic) bond motifs is 1. The number of nitrogens with two attached hydrogens (primary N) is 1. The zero-order chi connectivity index (χ0) is 15.7. The lowest BCUT2D eigenvalue weighted by molar-refractivity contribution is 0.745. The van der Waals surface area contributed by atoms with Crippen molar-refractivity contribution < 1.29 is 0 Å². The van der Waals surface area contributed by atoms with E-state index in [0.29, 0.717) is 5.15 Å². The maximum atomic E-state index is 6.18. The SMILES string of the molecule is C[C@H](N)Cc1sc2c(NCc3cccs3)cc(Cl)nc2c1Br.Cl.Cl. The molecule has 24 heavy (non-hydrogen) atoms. The van der Waals surface area contributed by atoms with Gasteiger partial charge in [0, 0.05) is 28.4 Å². The molecule has 3 rings (SSSR count). The van der Waals surface area contributed by atoms with Gasteiger partial charge in [0.05, 0.1) is 20.4 Å². The number of anilines is 1. The summed E-state index contributed by atoms with van der Waals surface area (Å²) in [5, 5.41) is 6.04. The molecule has 0 bridgehead atoms. The summed E-state index contributed by atoms with van der Waals surface area (Å²) in [6.45, 7) is 2.79. The van der Waals surface area contributed by atoms with Crippen LogP contribution in [0.1, 0.15) is 16.7 Å². The number of aromatic nitrogens is 1. The summed E-state index contributed by atoms with van der Waals surface area (Å²) in [5.74, 6) is 0. The normalized spacial score (nSPS) is 11.7. The molecule has 0 fully saturated rings. The van der Waals surface area contributed by atoms with Crippen LogP contribution in [0.4, 0.5) is 5.69 Å². The molecule has 0 aliphatic carbocycles. The Kier molecular flexibility index (Phi) is 8.76. The number of halogens is 4. The minimum Gasteiger partial charge on any atom is -0.379 e. The molecule has 0 unspecified atom stereocenters. The highest BCUT2D eigenvalue weighted by molar-refractivity contribution is 9.10. The topological polar surface area (TPSA) is 50.9 Å². The number of pyridine rings is 1. The van der Waals surface area contributed by atoms with E-state index in [-0.39, 0.29) is 30.9 Å². The van der Waals surface area contributed by atoms with Gasteiger partial charge in [0.1, 0.15) is 5.15 Å². The van der Waals surface area contributed by atoms with Crippen LogP contribution in [0.15, 0.2) is 28.1 Å². The summed E-state index contributed by atoms with van der Waals surface area (Å²) in [4.78, 5) is 6.95. The summed E-state index contributed by atoms with van der Waals surface area (Å²) in [6, 6.07) is 6.17. The molecule has 3 aromatic rings. The fourth-order valence-electron chi connectivity index (χ4n) is 2.20. The zero-order valence-electron chi connectivity index (χ0n) is 12.7. The lowest BCUT2D eigenvalue weighted by Gasteiger charge is -2.06. The molecule has 0 spiro atoms. The van der Waals surface area contributed by atoms with Crippen molar-refractivity contribution in [1.29, 1.82) is 0 Å². The van der Waals surface area contributed by atoms with Gasteiger partial charge < -0.3 is 11.1 Å². The van der Waals surface area contributed by atoms with E-state index >= 15 is 0 Å². The van der Waals surface area contributed by atoms with Gasteiger partial charge in [-0.25, -0.2) is 4.98 Å². The van der Waals surface area contributed by atoms with Crippen LogP contribution >= 0.6 is 75.0 Å². The van der Waals surface area contributed by atoms with Crippen LogP contribution in [0.2, 0.25) is 5.15 Å². The van der Waals surface area contributed by atoms with E-state index in [2.05, 4.69) is 43.7 Å². The first-order chi connectivity index (χ1) is 10.5. The molecule has 0 aliphatic rings. The van der Waals surface area contributed by atoms with Crippen LogP contribution < -0.4 is 11.1 Å². The first kappa shape index (κ1) is 22.0. The quantitative estimate of drug-likeness (QED) is 0.425. The van der Waals surface area contributed by atoms with E-state index in [4.69, 9.17) is 17.3 Å². The largest absolute Gasteiger partial charge is 0.379 e. The molecule has 132 valence electrons. The molecule has 3 heterocycles. The smallest absolute Gasteiger partial charge is 0.131 e. The van der Waals surface area contributed by atoms with Crippen LogP contribution in [0.25, 0.3) is 10.2 Å². The summed E-state index contributed by atoms with van der Waals surface area (Å²) in [7, 11) is 0. The standard InChI is InChI=1S/C15H15BrClN3S2.2ClH/c1-8(18)5-11-13(16)14-15(22-11)10(6-12(17)20-14)19-7-9-3-2-4-21-9;;/h2-4,6,8H,5,7,18H2,1H3,(H,19,20);2*1H/t8-;;/m0../s1. The van der Waals surface area contributed by atoms with Crippen molar-refractivity contribution in [3.63, 3.8) is 0 Å². The second-order valence-electron chi connectivity index (χ2n) is 5.12. The Morgan fingerprint density at radius 2 is 2.17 bits per heavy atom. The average Bonchev–Trinajstić information content (AvgIpc) is 3.07. The number of hydrogen-bond acceptors (Lipinski definition) is 5. The number of thiophene rings is 2. The fourth-order valence-corrected chi connectivity index (χ4v) is 5.13. The molecule has 3 aromatic heterocycles. The van der Waals surface area contributed by atoms with Gasteiger partial charge in [0.15, 0.2) is 0 Å². The maximum absolute atomic E-state index is 6.18. The van der Waals surface area contributed by atoms with Crippen molar-refractivity contribution in [2.24, 2.45) is 5.73 Å². The van der Waals surface area contributed by atoms with Crippen molar-refractivity contribution >= 4 is 90.9 Å². The van der Waals surface area contributed by atoms with Gasteiger partial charge >= 0.3 is 0 Å². The fraction of sp³-hybridized carbons (Fsp3) is 0.267. The predicted octanol–water partition coefficient (Wildman–Crippen LogP) is 6.12. The second kappa shape index (κ2) is 9.57. The van der Waals surface area contributed by atoms with Crippen LogP contribution in [0.3, 0.4) is 0 Å². The second-order valence-corrected chi connectivity index (χ2v) is 8.44. The predicted molar refractivity (Wildman–Crippen MR) is 116 cm³/mol. The van der Waals surface area contributed by atoms with Gasteiger partial charge in [-0.3, -0.25) is 0 Å². The van der Waals surface area contributed by atoms with Crippen LogP contribution in [-0.4, -0.2) is 11.0 Å². The molecule has 0 aromatic carbocycles. The molecule has 0 amide bonds. The van der Waals surface area contributed by atoms with Crippen molar-refractivity contribution in [2.45, 2.75) is 25.9 Å². The summed E-state index contributed by atoms with van der Waals surface area (Å²) >= 11 is 13.3. The van der Waals surface area contributed by atoms with Gasteiger partial charge in [-0.05, 0) is 40.7 Å². The van der Waals surface area contributed by atoms with E-state index in [9.17, 15) is 0 Å². The molecule has 0 saturated heterocycles. The minimum atomic E-state index is 0. The highest BCUT2D eigenvalue weighted by atomic mass is 79.9. The van der Waals surface area contributed by atoms with Crippen molar-refractivity contribution in [2.75, 3.05) is 5.32 Å². The summed E-state index contributed by atoms with van der Waals surface area (Å²) in [6.07, 6.45) is 0.823. The Balaban J connectivity index is 0.00000144. The zero-order valence-corrected chi connectivity index (χ0v) is 18.3. The number of nitrogens with one attached hydrogen (secondary N) is 1. The third-order valence-electron chi connectivity index (χ3n) is 3.16. The first-order valence-electron chi connectivity index (χ1n) is 6.84. The van der Waals surface area contributed by atoms with E-state index in [0.717, 1.165) is 33.3 Å². The van der Waals surface area contributed by atoms with Crippen LogP contribution in [-0.2, 0) is 13.0 Å². The highest BCUT2D eigenvalue weighted by Crippen LogP contribution is 2.40. The monoisotopic (exact) mass is 487 g/mol. The van der Waals surface area contributed by atoms with Crippen molar-refractivity contribution in [3.05, 3.63) is 43.0 Å². The first-order valence-corrected chi connectivity index (χ1v) is 9.70. The van der Waals surface area contributed by atoms with Gasteiger partial charge in [-0.2, -0.15) is 0 Å². The summed E-state index contributed by atoms with van der Waals surface area (Å²) < 4.78 is 2.12. The van der Waals surface area contributed by atoms with Gasteiger partial charge in [0.25, 0.3) is 0 Å². The molecule has 9 heteroatoms. The Morgan fingerprint density at radius 3 is 2.79 bits per heavy atom. The van der Waals surface area contributed by atoms with Gasteiger partial charge in [0.2, 0.25) is 0 Å². The van der Waals surface area contributed by atoms with E-state index < -0.39 is 0 Å². The Bertz CT molecular complexity index is 791.